The van der Waals surface area contributed by atoms with Gasteiger partial charge in [0.1, 0.15) is 5.82 Å². The summed E-state index contributed by atoms with van der Waals surface area (Å²) in [5, 5.41) is 2.76. The molecule has 2 rings (SSSR count). The average molecular weight is 420 g/mol. The minimum Gasteiger partial charge on any atom is -0.322 e. The van der Waals surface area contributed by atoms with Crippen LogP contribution in [0.4, 0.5) is 10.1 Å². The topological polar surface area (TPSA) is 29.1 Å². The Morgan fingerprint density at radius 1 is 1.22 bits per heavy atom. The molecule has 0 aliphatic rings. The van der Waals surface area contributed by atoms with Crippen LogP contribution < -0.4 is 5.32 Å². The van der Waals surface area contributed by atoms with E-state index in [0.29, 0.717) is 15.7 Å². The lowest BCUT2D eigenvalue weighted by Crippen LogP contribution is -2.12. The predicted octanol–water partition coefficient (Wildman–Crippen LogP) is 4.45. The van der Waals surface area contributed by atoms with Crippen molar-refractivity contribution in [2.45, 2.75) is 0 Å². The molecule has 1 N–H and O–H groups in total. The standard InChI is InChI=1S/C13H8BrFINO/c14-12-6-8(15)4-5-11(12)13(18)17-10-3-1-2-9(16)7-10/h1-7H,(H,17,18). The molecule has 2 aromatic rings. The maximum Gasteiger partial charge on any atom is 0.256 e. The van der Waals surface area contributed by atoms with E-state index in [9.17, 15) is 9.18 Å². The van der Waals surface area contributed by atoms with Crippen molar-refractivity contribution >= 4 is 50.1 Å². The minimum atomic E-state index is -0.382. The molecule has 0 bridgehead atoms. The number of carbonyl (C=O) groups is 1. The van der Waals surface area contributed by atoms with Gasteiger partial charge in [-0.05, 0) is 74.9 Å². The fraction of sp³-hybridized carbons (Fsp3) is 0. The number of halogens is 3. The van der Waals surface area contributed by atoms with Gasteiger partial charge in [0.15, 0.2) is 0 Å². The molecular formula is C13H8BrFINO. The van der Waals surface area contributed by atoms with E-state index in [0.717, 1.165) is 3.57 Å². The number of carbonyl (C=O) groups excluding carboxylic acids is 1. The summed E-state index contributed by atoms with van der Waals surface area (Å²) in [6.07, 6.45) is 0. The summed E-state index contributed by atoms with van der Waals surface area (Å²) in [4.78, 5) is 12.0. The number of hydrogen-bond acceptors (Lipinski definition) is 1. The average Bonchev–Trinajstić information content (AvgIpc) is 2.28. The first-order valence-electron chi connectivity index (χ1n) is 5.08. The largest absolute Gasteiger partial charge is 0.322 e. The summed E-state index contributed by atoms with van der Waals surface area (Å²) in [5.74, 6) is -0.656. The van der Waals surface area contributed by atoms with Gasteiger partial charge in [0.25, 0.3) is 5.91 Å². The van der Waals surface area contributed by atoms with Crippen LogP contribution in [0.1, 0.15) is 10.4 Å². The Balaban J connectivity index is 2.22. The maximum atomic E-state index is 12.9. The van der Waals surface area contributed by atoms with Crippen LogP contribution >= 0.6 is 38.5 Å². The molecule has 0 fully saturated rings. The Labute approximate surface area is 126 Å². The van der Waals surface area contributed by atoms with Gasteiger partial charge in [-0.2, -0.15) is 0 Å². The van der Waals surface area contributed by atoms with Gasteiger partial charge >= 0.3 is 0 Å². The van der Waals surface area contributed by atoms with Crippen molar-refractivity contribution in [3.8, 4) is 0 Å². The molecule has 5 heteroatoms. The summed E-state index contributed by atoms with van der Waals surface area (Å²) in [5.41, 5.74) is 1.11. The molecule has 0 aliphatic heterocycles. The summed E-state index contributed by atoms with van der Waals surface area (Å²) in [6, 6.07) is 11.4. The third kappa shape index (κ3) is 3.29. The molecule has 0 heterocycles. The first kappa shape index (κ1) is 13.5. The van der Waals surface area contributed by atoms with Crippen molar-refractivity contribution in [3.05, 3.63) is 61.9 Å². The Bertz CT molecular complexity index is 603. The van der Waals surface area contributed by atoms with Crippen LogP contribution in [0.2, 0.25) is 0 Å². The molecule has 2 aromatic carbocycles. The monoisotopic (exact) mass is 419 g/mol. The van der Waals surface area contributed by atoms with Gasteiger partial charge in [-0.3, -0.25) is 4.79 Å². The van der Waals surface area contributed by atoms with Crippen LogP contribution in [0.25, 0.3) is 0 Å². The molecule has 1 amide bonds. The molecule has 0 spiro atoms. The quantitative estimate of drug-likeness (QED) is 0.716. The van der Waals surface area contributed by atoms with Crippen LogP contribution in [0.5, 0.6) is 0 Å². The smallest absolute Gasteiger partial charge is 0.256 e. The second kappa shape index (κ2) is 5.79. The lowest BCUT2D eigenvalue weighted by molar-refractivity contribution is 0.102. The summed E-state index contributed by atoms with van der Waals surface area (Å²) < 4.78 is 14.4. The third-order valence-corrected chi connectivity index (χ3v) is 3.59. The fourth-order valence-corrected chi connectivity index (χ4v) is 2.51. The van der Waals surface area contributed by atoms with Gasteiger partial charge in [-0.25, -0.2) is 4.39 Å². The molecule has 0 aliphatic carbocycles. The summed E-state index contributed by atoms with van der Waals surface area (Å²) in [7, 11) is 0. The summed E-state index contributed by atoms with van der Waals surface area (Å²) in [6.45, 7) is 0. The molecule has 0 saturated heterocycles. The molecule has 0 radical (unpaired) electrons. The van der Waals surface area contributed by atoms with Gasteiger partial charge in [-0.1, -0.05) is 6.07 Å². The maximum absolute atomic E-state index is 12.9. The molecule has 0 unspecified atom stereocenters. The van der Waals surface area contributed by atoms with E-state index in [4.69, 9.17) is 0 Å². The van der Waals surface area contributed by atoms with Crippen molar-refractivity contribution in [2.24, 2.45) is 0 Å². The van der Waals surface area contributed by atoms with Gasteiger partial charge in [-0.15, -0.1) is 0 Å². The number of hydrogen-bond donors (Lipinski definition) is 1. The van der Waals surface area contributed by atoms with Crippen molar-refractivity contribution in [3.63, 3.8) is 0 Å². The van der Waals surface area contributed by atoms with E-state index in [1.807, 2.05) is 18.2 Å². The van der Waals surface area contributed by atoms with E-state index in [1.165, 1.54) is 18.2 Å². The van der Waals surface area contributed by atoms with Crippen molar-refractivity contribution in [2.75, 3.05) is 5.32 Å². The first-order valence-corrected chi connectivity index (χ1v) is 6.95. The lowest BCUT2D eigenvalue weighted by Gasteiger charge is -2.07. The van der Waals surface area contributed by atoms with E-state index >= 15 is 0 Å². The molecular weight excluding hydrogens is 412 g/mol. The highest BCUT2D eigenvalue weighted by Crippen LogP contribution is 2.20. The van der Waals surface area contributed by atoms with Crippen LogP contribution in [0.15, 0.2) is 46.9 Å². The third-order valence-electron chi connectivity index (χ3n) is 2.26. The number of anilines is 1. The highest BCUT2D eigenvalue weighted by atomic mass is 127. The SMILES string of the molecule is O=C(Nc1cccc(I)c1)c1ccc(F)cc1Br. The van der Waals surface area contributed by atoms with Crippen molar-refractivity contribution in [1.29, 1.82) is 0 Å². The van der Waals surface area contributed by atoms with Crippen LogP contribution in [0.3, 0.4) is 0 Å². The normalized spacial score (nSPS) is 10.2. The van der Waals surface area contributed by atoms with E-state index in [2.05, 4.69) is 43.8 Å². The number of benzene rings is 2. The molecule has 2 nitrogen and oxygen atoms in total. The van der Waals surface area contributed by atoms with Gasteiger partial charge in [0, 0.05) is 13.7 Å². The molecule has 0 atom stereocenters. The Kier molecular flexibility index (Phi) is 4.34. The van der Waals surface area contributed by atoms with Gasteiger partial charge < -0.3 is 5.32 Å². The fourth-order valence-electron chi connectivity index (χ4n) is 1.44. The Morgan fingerprint density at radius 3 is 2.67 bits per heavy atom. The van der Waals surface area contributed by atoms with Crippen molar-refractivity contribution < 1.29 is 9.18 Å². The zero-order valence-electron chi connectivity index (χ0n) is 9.08. The second-order valence-electron chi connectivity index (χ2n) is 3.59. The number of amides is 1. The van der Waals surface area contributed by atoms with E-state index in [1.54, 1.807) is 6.07 Å². The van der Waals surface area contributed by atoms with Gasteiger partial charge in [0.2, 0.25) is 0 Å². The number of rotatable bonds is 2. The zero-order chi connectivity index (χ0) is 13.1. The predicted molar refractivity (Wildman–Crippen MR) is 81.2 cm³/mol. The minimum absolute atomic E-state index is 0.274. The van der Waals surface area contributed by atoms with Crippen LogP contribution in [-0.2, 0) is 0 Å². The molecule has 92 valence electrons. The van der Waals surface area contributed by atoms with Gasteiger partial charge in [0.05, 0.1) is 5.56 Å². The van der Waals surface area contributed by atoms with E-state index in [-0.39, 0.29) is 11.7 Å². The lowest BCUT2D eigenvalue weighted by atomic mass is 10.2. The van der Waals surface area contributed by atoms with Crippen LogP contribution in [-0.4, -0.2) is 5.91 Å². The first-order chi connectivity index (χ1) is 8.56. The number of nitrogens with one attached hydrogen (secondary N) is 1. The molecule has 0 aromatic heterocycles. The van der Waals surface area contributed by atoms with Crippen LogP contribution in [0, 0.1) is 9.39 Å². The van der Waals surface area contributed by atoms with Crippen molar-refractivity contribution in [1.82, 2.24) is 0 Å². The highest BCUT2D eigenvalue weighted by molar-refractivity contribution is 14.1. The summed E-state index contributed by atoms with van der Waals surface area (Å²) >= 11 is 5.34. The van der Waals surface area contributed by atoms with E-state index < -0.39 is 0 Å². The molecule has 18 heavy (non-hydrogen) atoms. The Morgan fingerprint density at radius 2 is 2.00 bits per heavy atom. The highest BCUT2D eigenvalue weighted by Gasteiger charge is 2.10. The molecule has 0 saturated carbocycles. The zero-order valence-corrected chi connectivity index (χ0v) is 12.8. The Hall–Kier alpha value is -0.950. The second-order valence-corrected chi connectivity index (χ2v) is 5.69.